The van der Waals surface area contributed by atoms with Gasteiger partial charge in [0.15, 0.2) is 0 Å². The zero-order valence-electron chi connectivity index (χ0n) is 18.6. The molecule has 0 saturated heterocycles. The fraction of sp³-hybridized carbons (Fsp3) is 0.391. The fourth-order valence-electron chi connectivity index (χ4n) is 4.65. The molecule has 1 amide bonds. The van der Waals surface area contributed by atoms with Gasteiger partial charge < -0.3 is 32.1 Å². The van der Waals surface area contributed by atoms with Crippen LogP contribution in [0.2, 0.25) is 18.6 Å². The van der Waals surface area contributed by atoms with Gasteiger partial charge in [0.2, 0.25) is 0 Å². The zero-order chi connectivity index (χ0) is 17.8. The molecule has 0 spiro atoms. The molecule has 1 saturated carbocycles. The van der Waals surface area contributed by atoms with E-state index < -0.39 is 8.24 Å². The largest absolute Gasteiger partial charge is 4.00 e. The third-order valence-corrected chi connectivity index (χ3v) is 12.0. The molecule has 29 heavy (non-hydrogen) atoms. The van der Waals surface area contributed by atoms with Crippen molar-refractivity contribution in [3.63, 3.8) is 0 Å². The van der Waals surface area contributed by atoms with Gasteiger partial charge in [-0.1, -0.05) is 55.6 Å². The molecular formula is C23H33NOS2SiTi. The molecule has 0 bridgehead atoms. The number of hydrogen-bond donors (Lipinski definition) is 0. The second-order valence-corrected chi connectivity index (χ2v) is 14.9. The van der Waals surface area contributed by atoms with Gasteiger partial charge in [-0.2, -0.15) is 0 Å². The van der Waals surface area contributed by atoms with Crippen LogP contribution in [0.5, 0.6) is 0 Å². The van der Waals surface area contributed by atoms with E-state index in [1.54, 1.807) is 0 Å². The maximum atomic E-state index is 12.8. The van der Waals surface area contributed by atoms with Crippen molar-refractivity contribution in [3.05, 3.63) is 85.1 Å². The molecule has 0 N–H and O–H groups in total. The minimum atomic E-state index is -2.08. The normalized spacial score (nSPS) is 28.9. The number of benzene rings is 1. The van der Waals surface area contributed by atoms with Crippen molar-refractivity contribution in [2.24, 2.45) is 11.8 Å². The van der Waals surface area contributed by atoms with Crippen molar-refractivity contribution in [1.29, 1.82) is 0 Å². The van der Waals surface area contributed by atoms with Crippen molar-refractivity contribution in [3.8, 4) is 0 Å². The average molecular weight is 480 g/mol. The predicted octanol–water partition coefficient (Wildman–Crippen LogP) is 7.41. The van der Waals surface area contributed by atoms with E-state index >= 15 is 0 Å². The molecular weight excluding hydrogens is 446 g/mol. The van der Waals surface area contributed by atoms with E-state index in [4.69, 9.17) is 4.98 Å². The molecule has 2 aliphatic heterocycles. The van der Waals surface area contributed by atoms with Crippen molar-refractivity contribution in [1.82, 2.24) is 0 Å². The standard InChI is InChI=1S/C20H25NOS2Si.3CH3.Ti/c1-12-10-15-16-11-13(2)24-18(16)19(17(15)23-12)25(3,4)21-20(22)14-8-6-5-7-9-14;;;;/h5-11,15-19H,1-4H3,(H,21,22);3*1H3;/q;3*-1;+4/p-1. The summed E-state index contributed by atoms with van der Waals surface area (Å²) >= 11 is 4.07. The van der Waals surface area contributed by atoms with Crippen LogP contribution in [-0.2, 0) is 21.7 Å². The monoisotopic (exact) mass is 479 g/mol. The maximum absolute atomic E-state index is 12.8. The minimum Gasteiger partial charge on any atom is -0.652 e. The van der Waals surface area contributed by atoms with Crippen LogP contribution in [0.1, 0.15) is 24.2 Å². The molecule has 4 unspecified atom stereocenters. The quantitative estimate of drug-likeness (QED) is 0.334. The average Bonchev–Trinajstić information content (AvgIpc) is 3.17. The third kappa shape index (κ3) is 5.35. The summed E-state index contributed by atoms with van der Waals surface area (Å²) < 4.78 is 0. The van der Waals surface area contributed by atoms with E-state index in [0.29, 0.717) is 27.9 Å². The van der Waals surface area contributed by atoms with Crippen molar-refractivity contribution >= 4 is 37.7 Å². The van der Waals surface area contributed by atoms with Crippen LogP contribution in [0.3, 0.4) is 0 Å². The first-order chi connectivity index (χ1) is 11.9. The van der Waals surface area contributed by atoms with E-state index in [-0.39, 0.29) is 49.9 Å². The number of allylic oxidation sites excluding steroid dienone is 4. The Morgan fingerprint density at radius 2 is 1.34 bits per heavy atom. The molecule has 3 aliphatic rings. The summed E-state index contributed by atoms with van der Waals surface area (Å²) in [6.07, 6.45) is 4.96. The Morgan fingerprint density at radius 1 is 0.897 bits per heavy atom. The van der Waals surface area contributed by atoms with E-state index in [1.165, 1.54) is 9.81 Å². The Bertz CT molecular complexity index is 733. The van der Waals surface area contributed by atoms with Crippen molar-refractivity contribution < 1.29 is 26.5 Å². The summed E-state index contributed by atoms with van der Waals surface area (Å²) in [5, 5.41) is 1.20. The van der Waals surface area contributed by atoms with Gasteiger partial charge in [-0.25, -0.2) is 0 Å². The van der Waals surface area contributed by atoms with Crippen molar-refractivity contribution in [2.75, 3.05) is 0 Å². The van der Waals surface area contributed by atoms with Gasteiger partial charge in [-0.3, -0.25) is 0 Å². The minimum absolute atomic E-state index is 0. The van der Waals surface area contributed by atoms with Crippen LogP contribution < -0.4 is 0 Å². The van der Waals surface area contributed by atoms with Crippen LogP contribution in [0.15, 0.2) is 52.3 Å². The number of rotatable bonds is 3. The zero-order valence-corrected chi connectivity index (χ0v) is 22.8. The second kappa shape index (κ2) is 10.9. The molecule has 1 fully saturated rings. The van der Waals surface area contributed by atoms with E-state index in [0.717, 1.165) is 5.56 Å². The van der Waals surface area contributed by atoms with Crippen LogP contribution in [0, 0.1) is 34.1 Å². The number of carbonyl (C=O) groups is 1. The van der Waals surface area contributed by atoms with Gasteiger partial charge in [0.05, 0.1) is 5.91 Å². The fourth-order valence-corrected chi connectivity index (χ4v) is 12.8. The van der Waals surface area contributed by atoms with Crippen LogP contribution in [0.4, 0.5) is 0 Å². The Hall–Kier alpha value is -0.199. The SMILES string of the molecule is CC1=CC2C3C=C(C)SC3C([Si](C)(C)[N-]C(=O)c3ccccc3)C2S1.[CH3-].[CH3-].[CH3-].[Ti+4]. The number of nitrogens with zero attached hydrogens (tertiary/aromatic N) is 1. The Balaban J connectivity index is 0.00000196. The van der Waals surface area contributed by atoms with Gasteiger partial charge in [-0.15, -0.1) is 23.5 Å². The predicted molar refractivity (Wildman–Crippen MR) is 132 cm³/mol. The third-order valence-electron chi connectivity index (χ3n) is 5.64. The maximum Gasteiger partial charge on any atom is 4.00 e. The van der Waals surface area contributed by atoms with E-state index in [1.807, 2.05) is 53.9 Å². The summed E-state index contributed by atoms with van der Waals surface area (Å²) in [4.78, 5) is 20.5. The first-order valence-corrected chi connectivity index (χ1v) is 13.7. The number of carbonyl (C=O) groups excluding carboxylic acids is 1. The summed E-state index contributed by atoms with van der Waals surface area (Å²) in [7, 11) is -2.08. The Morgan fingerprint density at radius 3 is 1.79 bits per heavy atom. The summed E-state index contributed by atoms with van der Waals surface area (Å²) in [6.45, 7) is 9.05. The summed E-state index contributed by atoms with van der Waals surface area (Å²) in [6, 6.07) is 9.53. The van der Waals surface area contributed by atoms with Crippen LogP contribution >= 0.6 is 23.5 Å². The van der Waals surface area contributed by atoms with Crippen LogP contribution in [0.25, 0.3) is 4.98 Å². The van der Waals surface area contributed by atoms with Gasteiger partial charge in [0.25, 0.3) is 0 Å². The Labute approximate surface area is 203 Å². The molecule has 1 aromatic carbocycles. The molecule has 1 aromatic rings. The molecule has 2 nitrogen and oxygen atoms in total. The number of thioether (sulfide) groups is 2. The van der Waals surface area contributed by atoms with Gasteiger partial charge >= 0.3 is 21.7 Å². The topological polar surface area (TPSA) is 31.2 Å². The van der Waals surface area contributed by atoms with Gasteiger partial charge in [0, 0.05) is 10.5 Å². The smallest absolute Gasteiger partial charge is 0.652 e. The van der Waals surface area contributed by atoms with Crippen LogP contribution in [-0.4, -0.2) is 24.6 Å². The number of amides is 1. The number of hydrogen-bond acceptors (Lipinski definition) is 3. The first-order valence-electron chi connectivity index (χ1n) is 8.89. The molecule has 4 rings (SSSR count). The molecule has 156 valence electrons. The number of fused-ring (bicyclic) bond motifs is 3. The van der Waals surface area contributed by atoms with E-state index in [9.17, 15) is 4.79 Å². The summed E-state index contributed by atoms with van der Waals surface area (Å²) in [5.41, 5.74) is 1.25. The van der Waals surface area contributed by atoms with Crippen molar-refractivity contribution in [2.45, 2.75) is 43.0 Å². The molecule has 0 aromatic heterocycles. The molecule has 4 atom stereocenters. The van der Waals surface area contributed by atoms with E-state index in [2.05, 4.69) is 39.1 Å². The molecule has 6 heteroatoms. The molecule has 2 heterocycles. The first kappa shape index (κ1) is 28.8. The summed E-state index contributed by atoms with van der Waals surface area (Å²) in [5.74, 6) is 1.22. The molecule has 0 radical (unpaired) electrons. The Kier molecular flexibility index (Phi) is 10.8. The van der Waals surface area contributed by atoms with Gasteiger partial charge in [-0.05, 0) is 54.8 Å². The molecule has 1 aliphatic carbocycles. The van der Waals surface area contributed by atoms with Gasteiger partial charge in [0.1, 0.15) is 0 Å². The second-order valence-electron chi connectivity index (χ2n) is 7.84.